The Bertz CT molecular complexity index is 595. The lowest BCUT2D eigenvalue weighted by molar-refractivity contribution is 0.174. The molecule has 0 spiro atoms. The van der Waals surface area contributed by atoms with E-state index in [1.807, 2.05) is 36.0 Å². The summed E-state index contributed by atoms with van der Waals surface area (Å²) in [5.41, 5.74) is 2.22. The Morgan fingerprint density at radius 3 is 2.90 bits per heavy atom. The van der Waals surface area contributed by atoms with Crippen molar-refractivity contribution >= 4 is 0 Å². The smallest absolute Gasteiger partial charge is 0.231 e. The van der Waals surface area contributed by atoms with Crippen LogP contribution in [0.15, 0.2) is 30.5 Å². The molecule has 1 aromatic carbocycles. The molecule has 1 N–H and O–H groups in total. The largest absolute Gasteiger partial charge is 0.454 e. The molecule has 1 atom stereocenters. The normalized spacial score (nSPS) is 14.5. The molecule has 0 amide bonds. The average Bonchev–Trinajstić information content (AvgIpc) is 3.06. The van der Waals surface area contributed by atoms with Crippen LogP contribution in [-0.2, 0) is 6.54 Å². The van der Waals surface area contributed by atoms with Gasteiger partial charge in [0.05, 0.1) is 18.3 Å². The fourth-order valence-electron chi connectivity index (χ4n) is 2.42. The number of aromatic nitrogens is 2. The Balaban J connectivity index is 1.82. The number of rotatable bonds is 5. The van der Waals surface area contributed by atoms with Gasteiger partial charge < -0.3 is 14.8 Å². The first kappa shape index (κ1) is 13.0. The highest BCUT2D eigenvalue weighted by molar-refractivity contribution is 5.45. The Hall–Kier alpha value is -2.01. The fourth-order valence-corrected chi connectivity index (χ4v) is 2.42. The van der Waals surface area contributed by atoms with Gasteiger partial charge in [0, 0.05) is 6.20 Å². The zero-order chi connectivity index (χ0) is 13.9. The molecule has 0 saturated carbocycles. The van der Waals surface area contributed by atoms with E-state index >= 15 is 0 Å². The molecule has 0 fully saturated rings. The van der Waals surface area contributed by atoms with Crippen molar-refractivity contribution in [1.82, 2.24) is 15.1 Å². The molecule has 0 aliphatic carbocycles. The molecule has 0 bridgehead atoms. The summed E-state index contributed by atoms with van der Waals surface area (Å²) in [5, 5.41) is 7.94. The van der Waals surface area contributed by atoms with Gasteiger partial charge in [-0.15, -0.1) is 0 Å². The quantitative estimate of drug-likeness (QED) is 0.908. The number of ether oxygens (including phenoxy) is 2. The second-order valence-corrected chi connectivity index (χ2v) is 4.90. The highest BCUT2D eigenvalue weighted by Crippen LogP contribution is 2.34. The Kier molecular flexibility index (Phi) is 3.60. The summed E-state index contributed by atoms with van der Waals surface area (Å²) in [4.78, 5) is 0. The summed E-state index contributed by atoms with van der Waals surface area (Å²) in [6.45, 7) is 6.11. The number of hydrogen-bond donors (Lipinski definition) is 1. The lowest BCUT2D eigenvalue weighted by Gasteiger charge is -2.18. The van der Waals surface area contributed by atoms with Crippen LogP contribution in [0.1, 0.15) is 24.2 Å². The van der Waals surface area contributed by atoms with Crippen molar-refractivity contribution in [3.05, 3.63) is 41.7 Å². The van der Waals surface area contributed by atoms with Crippen LogP contribution in [0.5, 0.6) is 11.5 Å². The van der Waals surface area contributed by atoms with E-state index in [0.29, 0.717) is 6.79 Å². The summed E-state index contributed by atoms with van der Waals surface area (Å²) in [5.74, 6) is 1.64. The Morgan fingerprint density at radius 2 is 2.15 bits per heavy atom. The van der Waals surface area contributed by atoms with Crippen molar-refractivity contribution in [1.29, 1.82) is 0 Å². The number of hydrogen-bond acceptors (Lipinski definition) is 4. The topological polar surface area (TPSA) is 48.3 Å². The molecule has 5 heteroatoms. The lowest BCUT2D eigenvalue weighted by atomic mass is 10.1. The number of aryl methyl sites for hydroxylation is 1. The number of likely N-dealkylation sites (N-methyl/N-ethyl adjacent to an activating group) is 1. The van der Waals surface area contributed by atoms with Gasteiger partial charge in [-0.3, -0.25) is 4.68 Å². The van der Waals surface area contributed by atoms with E-state index in [-0.39, 0.29) is 6.04 Å². The zero-order valence-electron chi connectivity index (χ0n) is 11.8. The number of fused-ring (bicyclic) bond motifs is 1. The van der Waals surface area contributed by atoms with Crippen molar-refractivity contribution in [3.8, 4) is 11.5 Å². The number of nitrogens with zero attached hydrogens (tertiary/aromatic N) is 2. The zero-order valence-corrected chi connectivity index (χ0v) is 11.8. The Labute approximate surface area is 118 Å². The second-order valence-electron chi connectivity index (χ2n) is 4.90. The van der Waals surface area contributed by atoms with E-state index in [1.54, 1.807) is 0 Å². The third-order valence-corrected chi connectivity index (χ3v) is 3.39. The first-order valence-electron chi connectivity index (χ1n) is 6.89. The molecule has 2 aromatic rings. The number of benzene rings is 1. The third kappa shape index (κ3) is 2.63. The van der Waals surface area contributed by atoms with E-state index in [1.165, 1.54) is 5.56 Å². The van der Waals surface area contributed by atoms with Crippen molar-refractivity contribution in [2.24, 2.45) is 0 Å². The van der Waals surface area contributed by atoms with Crippen LogP contribution in [0, 0.1) is 6.92 Å². The summed E-state index contributed by atoms with van der Waals surface area (Å²) in [6, 6.07) is 8.32. The van der Waals surface area contributed by atoms with Crippen molar-refractivity contribution in [2.75, 3.05) is 13.3 Å². The summed E-state index contributed by atoms with van der Waals surface area (Å²) in [6.07, 6.45) is 2.01. The van der Waals surface area contributed by atoms with Gasteiger partial charge in [-0.05, 0) is 37.2 Å². The van der Waals surface area contributed by atoms with E-state index in [9.17, 15) is 0 Å². The van der Waals surface area contributed by atoms with E-state index in [4.69, 9.17) is 9.47 Å². The minimum atomic E-state index is 0.203. The van der Waals surface area contributed by atoms with Crippen LogP contribution < -0.4 is 14.8 Å². The summed E-state index contributed by atoms with van der Waals surface area (Å²) >= 11 is 0. The molecule has 20 heavy (non-hydrogen) atoms. The highest BCUT2D eigenvalue weighted by Gasteiger charge is 2.18. The molecular formula is C15H19N3O2. The molecule has 106 valence electrons. The lowest BCUT2D eigenvalue weighted by Crippen LogP contribution is -2.25. The van der Waals surface area contributed by atoms with Gasteiger partial charge in [0.1, 0.15) is 0 Å². The second kappa shape index (κ2) is 5.54. The van der Waals surface area contributed by atoms with Gasteiger partial charge >= 0.3 is 0 Å². The van der Waals surface area contributed by atoms with E-state index in [2.05, 4.69) is 23.4 Å². The molecule has 0 saturated heterocycles. The van der Waals surface area contributed by atoms with Gasteiger partial charge in [-0.1, -0.05) is 13.0 Å². The predicted molar refractivity (Wildman–Crippen MR) is 75.9 cm³/mol. The maximum atomic E-state index is 5.45. The van der Waals surface area contributed by atoms with Crippen molar-refractivity contribution in [2.45, 2.75) is 26.4 Å². The van der Waals surface area contributed by atoms with Crippen LogP contribution in [0.25, 0.3) is 0 Å². The standard InChI is InChI=1S/C15H19N3O2/c1-3-16-13(9-18-7-6-11(2)17-18)12-4-5-14-15(8-12)20-10-19-14/h4-8,13,16H,3,9-10H2,1-2H3. The van der Waals surface area contributed by atoms with Gasteiger partial charge in [0.15, 0.2) is 11.5 Å². The Morgan fingerprint density at radius 1 is 1.30 bits per heavy atom. The minimum absolute atomic E-state index is 0.203. The van der Waals surface area contributed by atoms with Crippen LogP contribution in [0.2, 0.25) is 0 Å². The fraction of sp³-hybridized carbons (Fsp3) is 0.400. The van der Waals surface area contributed by atoms with Crippen LogP contribution >= 0.6 is 0 Å². The highest BCUT2D eigenvalue weighted by atomic mass is 16.7. The third-order valence-electron chi connectivity index (χ3n) is 3.39. The molecule has 1 aliphatic rings. The minimum Gasteiger partial charge on any atom is -0.454 e. The van der Waals surface area contributed by atoms with Gasteiger partial charge in [0.25, 0.3) is 0 Å². The van der Waals surface area contributed by atoms with Crippen LogP contribution in [-0.4, -0.2) is 23.1 Å². The summed E-state index contributed by atoms with van der Waals surface area (Å²) in [7, 11) is 0. The van der Waals surface area contributed by atoms with Crippen molar-refractivity contribution < 1.29 is 9.47 Å². The maximum Gasteiger partial charge on any atom is 0.231 e. The van der Waals surface area contributed by atoms with Crippen molar-refractivity contribution in [3.63, 3.8) is 0 Å². The molecule has 5 nitrogen and oxygen atoms in total. The van der Waals surface area contributed by atoms with Crippen LogP contribution in [0.4, 0.5) is 0 Å². The maximum absolute atomic E-state index is 5.45. The molecule has 1 unspecified atom stereocenters. The number of nitrogens with one attached hydrogen (secondary N) is 1. The molecular weight excluding hydrogens is 254 g/mol. The molecule has 0 radical (unpaired) electrons. The SMILES string of the molecule is CCNC(Cn1ccc(C)n1)c1ccc2c(c1)OCO2. The predicted octanol–water partition coefficient (Wildman–Crippen LogP) is 2.27. The molecule has 3 rings (SSSR count). The monoisotopic (exact) mass is 273 g/mol. The summed E-state index contributed by atoms with van der Waals surface area (Å²) < 4.78 is 12.8. The van der Waals surface area contributed by atoms with Crippen LogP contribution in [0.3, 0.4) is 0 Å². The first-order chi connectivity index (χ1) is 9.76. The molecule has 1 aromatic heterocycles. The average molecular weight is 273 g/mol. The van der Waals surface area contributed by atoms with Gasteiger partial charge in [-0.25, -0.2) is 0 Å². The van der Waals surface area contributed by atoms with Gasteiger partial charge in [-0.2, -0.15) is 5.10 Å². The van der Waals surface area contributed by atoms with Gasteiger partial charge in [0.2, 0.25) is 6.79 Å². The first-order valence-corrected chi connectivity index (χ1v) is 6.89. The molecule has 2 heterocycles. The van der Waals surface area contributed by atoms with E-state index in [0.717, 1.165) is 30.3 Å². The molecule has 1 aliphatic heterocycles. The van der Waals surface area contributed by atoms with E-state index < -0.39 is 0 Å².